The van der Waals surface area contributed by atoms with E-state index < -0.39 is 23.4 Å². The lowest BCUT2D eigenvalue weighted by molar-refractivity contribution is 0.0949. The van der Waals surface area contributed by atoms with Gasteiger partial charge in [0.25, 0.3) is 5.91 Å². The van der Waals surface area contributed by atoms with Gasteiger partial charge in [-0.3, -0.25) is 4.79 Å². The smallest absolute Gasteiger partial charge is 0.251 e. The van der Waals surface area contributed by atoms with Crippen molar-refractivity contribution in [3.63, 3.8) is 0 Å². The zero-order valence-electron chi connectivity index (χ0n) is 13.4. The van der Waals surface area contributed by atoms with E-state index in [1.807, 2.05) is 0 Å². The zero-order chi connectivity index (χ0) is 18.5. The number of hydrogen-bond acceptors (Lipinski definition) is 3. The molecule has 132 valence electrons. The first kappa shape index (κ1) is 17.5. The van der Waals surface area contributed by atoms with E-state index in [1.54, 1.807) is 18.2 Å². The van der Waals surface area contributed by atoms with Gasteiger partial charge < -0.3 is 10.1 Å². The minimum Gasteiger partial charge on any atom is -0.439 e. The molecule has 0 aliphatic rings. The Kier molecular flexibility index (Phi) is 5.17. The van der Waals surface area contributed by atoms with Crippen LogP contribution in [0.1, 0.15) is 15.9 Å². The lowest BCUT2D eigenvalue weighted by Gasteiger charge is -2.11. The van der Waals surface area contributed by atoms with Gasteiger partial charge in [0.15, 0.2) is 0 Å². The third-order valence-electron chi connectivity index (χ3n) is 3.42. The summed E-state index contributed by atoms with van der Waals surface area (Å²) in [5, 5.41) is 2.54. The van der Waals surface area contributed by atoms with Crippen molar-refractivity contribution in [2.45, 2.75) is 6.54 Å². The highest BCUT2D eigenvalue weighted by molar-refractivity contribution is 5.94. The van der Waals surface area contributed by atoms with Crippen molar-refractivity contribution in [1.82, 2.24) is 10.3 Å². The van der Waals surface area contributed by atoms with Crippen LogP contribution in [-0.4, -0.2) is 10.9 Å². The number of nitrogens with one attached hydrogen (secondary N) is 1. The molecule has 26 heavy (non-hydrogen) atoms. The van der Waals surface area contributed by atoms with E-state index in [4.69, 9.17) is 4.74 Å². The van der Waals surface area contributed by atoms with Crippen LogP contribution >= 0.6 is 0 Å². The van der Waals surface area contributed by atoms with Gasteiger partial charge in [-0.15, -0.1) is 0 Å². The molecule has 4 nitrogen and oxygen atoms in total. The van der Waals surface area contributed by atoms with Gasteiger partial charge in [0, 0.05) is 36.0 Å². The van der Waals surface area contributed by atoms with Gasteiger partial charge in [0.2, 0.25) is 5.88 Å². The van der Waals surface area contributed by atoms with Crippen LogP contribution in [0.15, 0.2) is 60.8 Å². The molecule has 3 aromatic rings. The maximum absolute atomic E-state index is 13.3. The van der Waals surface area contributed by atoms with Crippen molar-refractivity contribution in [3.8, 4) is 11.6 Å². The quantitative estimate of drug-likeness (QED) is 0.743. The van der Waals surface area contributed by atoms with Gasteiger partial charge >= 0.3 is 0 Å². The molecule has 1 N–H and O–H groups in total. The van der Waals surface area contributed by atoms with E-state index in [2.05, 4.69) is 10.3 Å². The lowest BCUT2D eigenvalue weighted by Crippen LogP contribution is -2.23. The Morgan fingerprint density at radius 1 is 0.962 bits per heavy atom. The Bertz CT molecular complexity index is 927. The van der Waals surface area contributed by atoms with Crippen LogP contribution in [-0.2, 0) is 6.54 Å². The number of halogens is 3. The standard InChI is InChI=1S/C19H13F3N2O2/c20-14-4-1-5-17(10-14)26-19-12(3-2-6-23-19)11-24-18(25)13-7-15(21)9-16(22)8-13/h1-10H,11H2,(H,24,25). The number of carbonyl (C=O) groups is 1. The van der Waals surface area contributed by atoms with E-state index in [0.29, 0.717) is 11.6 Å². The summed E-state index contributed by atoms with van der Waals surface area (Å²) in [4.78, 5) is 16.1. The fourth-order valence-electron chi connectivity index (χ4n) is 2.26. The number of aromatic nitrogens is 1. The highest BCUT2D eigenvalue weighted by atomic mass is 19.1. The Morgan fingerprint density at radius 3 is 2.46 bits per heavy atom. The normalized spacial score (nSPS) is 10.4. The summed E-state index contributed by atoms with van der Waals surface area (Å²) in [6.07, 6.45) is 1.49. The summed E-state index contributed by atoms with van der Waals surface area (Å²) >= 11 is 0. The van der Waals surface area contributed by atoms with E-state index in [-0.39, 0.29) is 23.7 Å². The largest absolute Gasteiger partial charge is 0.439 e. The number of carbonyl (C=O) groups excluding carboxylic acids is 1. The van der Waals surface area contributed by atoms with Crippen LogP contribution in [0.4, 0.5) is 13.2 Å². The molecule has 1 aromatic heterocycles. The molecule has 0 saturated heterocycles. The van der Waals surface area contributed by atoms with Crippen molar-refractivity contribution in [2.75, 3.05) is 0 Å². The summed E-state index contributed by atoms with van der Waals surface area (Å²) < 4.78 is 45.2. The first-order chi connectivity index (χ1) is 12.5. The molecule has 7 heteroatoms. The van der Waals surface area contributed by atoms with E-state index >= 15 is 0 Å². The van der Waals surface area contributed by atoms with Crippen molar-refractivity contribution in [1.29, 1.82) is 0 Å². The Morgan fingerprint density at radius 2 is 1.73 bits per heavy atom. The third-order valence-corrected chi connectivity index (χ3v) is 3.42. The second-order valence-corrected chi connectivity index (χ2v) is 5.37. The van der Waals surface area contributed by atoms with Gasteiger partial charge in [-0.2, -0.15) is 0 Å². The van der Waals surface area contributed by atoms with Crippen LogP contribution in [0.2, 0.25) is 0 Å². The molecule has 0 spiro atoms. The topological polar surface area (TPSA) is 51.2 Å². The molecule has 0 atom stereocenters. The second-order valence-electron chi connectivity index (χ2n) is 5.37. The average molecular weight is 358 g/mol. The summed E-state index contributed by atoms with van der Waals surface area (Å²) in [5.41, 5.74) is 0.376. The van der Waals surface area contributed by atoms with Gasteiger partial charge in [0.05, 0.1) is 0 Å². The summed E-state index contributed by atoms with van der Waals surface area (Å²) in [6, 6.07) is 11.4. The molecule has 0 aliphatic heterocycles. The predicted molar refractivity (Wildman–Crippen MR) is 88.2 cm³/mol. The number of nitrogens with zero attached hydrogens (tertiary/aromatic N) is 1. The molecule has 1 heterocycles. The first-order valence-electron chi connectivity index (χ1n) is 7.63. The van der Waals surface area contributed by atoms with Crippen LogP contribution in [0, 0.1) is 17.5 Å². The number of pyridine rings is 1. The SMILES string of the molecule is O=C(NCc1cccnc1Oc1cccc(F)c1)c1cc(F)cc(F)c1. The minimum absolute atomic E-state index is 0.00938. The van der Waals surface area contributed by atoms with Crippen molar-refractivity contribution in [3.05, 3.63) is 89.4 Å². The van der Waals surface area contributed by atoms with Crippen molar-refractivity contribution in [2.24, 2.45) is 0 Å². The predicted octanol–water partition coefficient (Wildman–Crippen LogP) is 4.22. The summed E-state index contributed by atoms with van der Waals surface area (Å²) in [6.45, 7) is 0.00938. The molecule has 1 amide bonds. The molecule has 0 unspecified atom stereocenters. The second kappa shape index (κ2) is 7.69. The molecule has 3 rings (SSSR count). The van der Waals surface area contributed by atoms with Gasteiger partial charge in [-0.1, -0.05) is 12.1 Å². The molecule has 0 saturated carbocycles. The summed E-state index contributed by atoms with van der Waals surface area (Å²) in [7, 11) is 0. The van der Waals surface area contributed by atoms with Crippen molar-refractivity contribution >= 4 is 5.91 Å². The fraction of sp³-hybridized carbons (Fsp3) is 0.0526. The molecule has 0 aliphatic carbocycles. The molecular weight excluding hydrogens is 345 g/mol. The van der Waals surface area contributed by atoms with Crippen molar-refractivity contribution < 1.29 is 22.7 Å². The van der Waals surface area contributed by atoms with Crippen LogP contribution in [0.3, 0.4) is 0 Å². The third kappa shape index (κ3) is 4.38. The van der Waals surface area contributed by atoms with Gasteiger partial charge in [-0.05, 0) is 30.3 Å². The number of benzene rings is 2. The fourth-order valence-corrected chi connectivity index (χ4v) is 2.26. The Labute approximate surface area is 147 Å². The maximum atomic E-state index is 13.3. The molecular formula is C19H13F3N2O2. The highest BCUT2D eigenvalue weighted by Gasteiger charge is 2.12. The highest BCUT2D eigenvalue weighted by Crippen LogP contribution is 2.23. The summed E-state index contributed by atoms with van der Waals surface area (Å²) in [5.74, 6) is -2.35. The monoisotopic (exact) mass is 358 g/mol. The number of ether oxygens (including phenoxy) is 1. The van der Waals surface area contributed by atoms with Crippen LogP contribution in [0.5, 0.6) is 11.6 Å². The number of hydrogen-bond donors (Lipinski definition) is 1. The minimum atomic E-state index is -0.841. The molecule has 0 radical (unpaired) electrons. The van der Waals surface area contributed by atoms with E-state index in [9.17, 15) is 18.0 Å². The van der Waals surface area contributed by atoms with Gasteiger partial charge in [-0.25, -0.2) is 18.2 Å². The zero-order valence-corrected chi connectivity index (χ0v) is 13.4. The maximum Gasteiger partial charge on any atom is 0.251 e. The lowest BCUT2D eigenvalue weighted by atomic mass is 10.2. The molecule has 2 aromatic carbocycles. The Balaban J connectivity index is 1.73. The average Bonchev–Trinajstić information content (AvgIpc) is 2.60. The molecule has 0 bridgehead atoms. The Hall–Kier alpha value is -3.35. The van der Waals surface area contributed by atoms with Crippen LogP contribution < -0.4 is 10.1 Å². The van der Waals surface area contributed by atoms with Crippen LogP contribution in [0.25, 0.3) is 0 Å². The first-order valence-corrected chi connectivity index (χ1v) is 7.63. The molecule has 0 fully saturated rings. The van der Waals surface area contributed by atoms with Gasteiger partial charge in [0.1, 0.15) is 23.2 Å². The van der Waals surface area contributed by atoms with E-state index in [1.165, 1.54) is 24.4 Å². The number of rotatable bonds is 5. The van der Waals surface area contributed by atoms with E-state index in [0.717, 1.165) is 12.1 Å². The number of amides is 1.